The summed E-state index contributed by atoms with van der Waals surface area (Å²) in [5.74, 6) is 0.736. The van der Waals surface area contributed by atoms with Gasteiger partial charge in [0.05, 0.1) is 22.3 Å². The van der Waals surface area contributed by atoms with Gasteiger partial charge in [0.1, 0.15) is 11.8 Å². The Labute approximate surface area is 202 Å². The number of hydrogen-bond donors (Lipinski definition) is 1. The highest BCUT2D eigenvalue weighted by Gasteiger charge is 2.28. The van der Waals surface area contributed by atoms with Crippen molar-refractivity contribution in [1.82, 2.24) is 15.2 Å². The fraction of sp³-hybridized carbons (Fsp3) is 0.320. The molecule has 4 rings (SSSR count). The molecule has 0 bridgehead atoms. The Kier molecular flexibility index (Phi) is 7.30. The van der Waals surface area contributed by atoms with Crippen molar-refractivity contribution in [1.29, 1.82) is 0 Å². The van der Waals surface area contributed by atoms with Gasteiger partial charge < -0.3 is 15.0 Å². The summed E-state index contributed by atoms with van der Waals surface area (Å²) in [5, 5.41) is 4.56. The van der Waals surface area contributed by atoms with Crippen LogP contribution in [0.1, 0.15) is 36.3 Å². The largest absolute Gasteiger partial charge is 0.497 e. The first-order valence-electron chi connectivity index (χ1n) is 10.9. The van der Waals surface area contributed by atoms with Crippen molar-refractivity contribution >= 4 is 51.0 Å². The normalized spacial score (nSPS) is 15.7. The Hall–Kier alpha value is -2.90. The molecule has 1 fully saturated rings. The van der Waals surface area contributed by atoms with E-state index in [1.54, 1.807) is 31.4 Å². The second kappa shape index (κ2) is 10.4. The van der Waals surface area contributed by atoms with Crippen LogP contribution >= 0.6 is 22.9 Å². The van der Waals surface area contributed by atoms with Crippen LogP contribution in [0.5, 0.6) is 5.75 Å². The molecule has 2 heterocycles. The summed E-state index contributed by atoms with van der Waals surface area (Å²) < 4.78 is 6.26. The lowest BCUT2D eigenvalue weighted by Gasteiger charge is -2.32. The number of piperidine rings is 1. The van der Waals surface area contributed by atoms with E-state index in [2.05, 4.69) is 5.32 Å². The molecule has 6 nitrogen and oxygen atoms in total. The van der Waals surface area contributed by atoms with Crippen LogP contribution in [0.4, 0.5) is 0 Å². The zero-order valence-electron chi connectivity index (χ0n) is 18.6. The second-order valence-corrected chi connectivity index (χ2v) is 9.60. The Morgan fingerprint density at radius 1 is 1.21 bits per heavy atom. The van der Waals surface area contributed by atoms with Crippen LogP contribution in [0.3, 0.4) is 0 Å². The third kappa shape index (κ3) is 5.72. The monoisotopic (exact) mass is 483 g/mol. The van der Waals surface area contributed by atoms with Crippen molar-refractivity contribution in [3.8, 4) is 5.75 Å². The molecule has 1 aromatic heterocycles. The van der Waals surface area contributed by atoms with Crippen LogP contribution in [-0.2, 0) is 9.59 Å². The molecule has 33 heavy (non-hydrogen) atoms. The van der Waals surface area contributed by atoms with Crippen molar-refractivity contribution in [2.75, 3.05) is 20.2 Å². The van der Waals surface area contributed by atoms with E-state index >= 15 is 0 Å². The highest BCUT2D eigenvalue weighted by molar-refractivity contribution is 7.18. The lowest BCUT2D eigenvalue weighted by molar-refractivity contribution is -0.136. The number of halogens is 1. The first-order valence-corrected chi connectivity index (χ1v) is 12.1. The Bertz CT molecular complexity index is 1170. The van der Waals surface area contributed by atoms with Gasteiger partial charge in [-0.3, -0.25) is 9.59 Å². The van der Waals surface area contributed by atoms with Crippen LogP contribution in [0.2, 0.25) is 5.02 Å². The van der Waals surface area contributed by atoms with Crippen molar-refractivity contribution in [3.05, 3.63) is 64.1 Å². The number of rotatable bonds is 6. The molecule has 0 aliphatic carbocycles. The van der Waals surface area contributed by atoms with E-state index in [4.69, 9.17) is 21.3 Å². The molecule has 1 atom stereocenters. The first-order chi connectivity index (χ1) is 15.9. The quantitative estimate of drug-likeness (QED) is 0.507. The predicted octanol–water partition coefficient (Wildman–Crippen LogP) is 4.88. The van der Waals surface area contributed by atoms with Crippen molar-refractivity contribution in [3.63, 3.8) is 0 Å². The summed E-state index contributed by atoms with van der Waals surface area (Å²) in [6, 6.07) is 12.6. The molecule has 8 heteroatoms. The van der Waals surface area contributed by atoms with Gasteiger partial charge in [-0.1, -0.05) is 23.7 Å². The lowest BCUT2D eigenvalue weighted by atomic mass is 9.97. The van der Waals surface area contributed by atoms with E-state index in [0.29, 0.717) is 24.0 Å². The van der Waals surface area contributed by atoms with Crippen molar-refractivity contribution in [2.45, 2.75) is 31.7 Å². The van der Waals surface area contributed by atoms with Gasteiger partial charge in [-0.2, -0.15) is 0 Å². The summed E-state index contributed by atoms with van der Waals surface area (Å²) in [5.41, 5.74) is 1.81. The van der Waals surface area contributed by atoms with Crippen LogP contribution in [-0.4, -0.2) is 47.9 Å². The highest BCUT2D eigenvalue weighted by Crippen LogP contribution is 2.34. The number of hydrogen-bond acceptors (Lipinski definition) is 5. The van der Waals surface area contributed by atoms with Gasteiger partial charge >= 0.3 is 0 Å². The number of ether oxygens (including phenoxy) is 1. The maximum atomic E-state index is 12.8. The van der Waals surface area contributed by atoms with Gasteiger partial charge in [0, 0.05) is 30.1 Å². The van der Waals surface area contributed by atoms with E-state index in [-0.39, 0.29) is 11.8 Å². The number of carbonyl (C=O) groups excluding carboxylic acids is 2. The standard InChI is InChI=1S/C25H26ClN3O3S/c1-16(27-23(30)10-5-17-3-7-20(32-2)8-4-17)25(31)29-13-11-18(12-14-29)24-28-21-15-19(26)6-9-22(21)33-24/h3-10,15-16,18H,11-14H2,1-2H3,(H,27,30)/b10-5+/t16-/m0/s1. The molecule has 1 aliphatic rings. The number of fused-ring (bicyclic) bond motifs is 1. The van der Waals surface area contributed by atoms with Crippen molar-refractivity contribution in [2.24, 2.45) is 0 Å². The molecule has 172 valence electrons. The molecule has 3 aromatic rings. The minimum absolute atomic E-state index is 0.0595. The van der Waals surface area contributed by atoms with Gasteiger partial charge in [0.2, 0.25) is 11.8 Å². The molecule has 0 spiro atoms. The molecule has 0 radical (unpaired) electrons. The number of methoxy groups -OCH3 is 1. The molecule has 1 N–H and O–H groups in total. The summed E-state index contributed by atoms with van der Waals surface area (Å²) in [6.45, 7) is 3.04. The Morgan fingerprint density at radius 2 is 1.94 bits per heavy atom. The van der Waals surface area contributed by atoms with Gasteiger partial charge in [-0.15, -0.1) is 11.3 Å². The summed E-state index contributed by atoms with van der Waals surface area (Å²) in [4.78, 5) is 31.7. The number of carbonyl (C=O) groups is 2. The van der Waals surface area contributed by atoms with E-state index in [1.807, 2.05) is 47.4 Å². The number of likely N-dealkylation sites (tertiary alicyclic amines) is 1. The van der Waals surface area contributed by atoms with Crippen LogP contribution < -0.4 is 10.1 Å². The minimum atomic E-state index is -0.584. The number of aromatic nitrogens is 1. The number of nitrogens with zero attached hydrogens (tertiary/aromatic N) is 2. The average molecular weight is 484 g/mol. The molecular weight excluding hydrogens is 458 g/mol. The lowest BCUT2D eigenvalue weighted by Crippen LogP contribution is -2.48. The zero-order chi connectivity index (χ0) is 23.4. The molecule has 2 aromatic carbocycles. The molecular formula is C25H26ClN3O3S. The van der Waals surface area contributed by atoms with Gasteiger partial charge in [0.25, 0.3) is 0 Å². The third-order valence-electron chi connectivity index (χ3n) is 5.79. The van der Waals surface area contributed by atoms with Gasteiger partial charge in [0.15, 0.2) is 0 Å². The fourth-order valence-corrected chi connectivity index (χ4v) is 5.21. The summed E-state index contributed by atoms with van der Waals surface area (Å²) in [6.07, 6.45) is 4.87. The number of amides is 2. The smallest absolute Gasteiger partial charge is 0.244 e. The van der Waals surface area contributed by atoms with E-state index in [0.717, 1.165) is 39.4 Å². The Balaban J connectivity index is 1.28. The predicted molar refractivity (Wildman–Crippen MR) is 133 cm³/mol. The number of thiazole rings is 1. The van der Waals surface area contributed by atoms with Crippen LogP contribution in [0, 0.1) is 0 Å². The molecule has 0 unspecified atom stereocenters. The van der Waals surface area contributed by atoms with E-state index < -0.39 is 6.04 Å². The Morgan fingerprint density at radius 3 is 2.64 bits per heavy atom. The SMILES string of the molecule is COc1ccc(/C=C/C(=O)N[C@@H](C)C(=O)N2CCC(c3nc4cc(Cl)ccc4s3)CC2)cc1. The number of benzene rings is 2. The molecule has 1 saturated heterocycles. The van der Waals surface area contributed by atoms with Crippen LogP contribution in [0.25, 0.3) is 16.3 Å². The fourth-order valence-electron chi connectivity index (χ4n) is 3.92. The van der Waals surface area contributed by atoms with Gasteiger partial charge in [-0.25, -0.2) is 4.98 Å². The topological polar surface area (TPSA) is 71.5 Å². The molecule has 1 aliphatic heterocycles. The van der Waals surface area contributed by atoms with E-state index in [9.17, 15) is 9.59 Å². The maximum absolute atomic E-state index is 12.8. The zero-order valence-corrected chi connectivity index (χ0v) is 20.2. The summed E-state index contributed by atoms with van der Waals surface area (Å²) in [7, 11) is 1.61. The molecule has 0 saturated carbocycles. The third-order valence-corrected chi connectivity index (χ3v) is 7.23. The van der Waals surface area contributed by atoms with Gasteiger partial charge in [-0.05, 0) is 61.7 Å². The first kappa shape index (κ1) is 23.3. The summed E-state index contributed by atoms with van der Waals surface area (Å²) >= 11 is 7.77. The average Bonchev–Trinajstić information content (AvgIpc) is 3.26. The van der Waals surface area contributed by atoms with Crippen LogP contribution in [0.15, 0.2) is 48.5 Å². The van der Waals surface area contributed by atoms with Crippen molar-refractivity contribution < 1.29 is 14.3 Å². The second-order valence-electron chi connectivity index (χ2n) is 8.10. The molecule has 2 amide bonds. The number of nitrogens with one attached hydrogen (secondary N) is 1. The van der Waals surface area contributed by atoms with E-state index in [1.165, 1.54) is 6.08 Å². The minimum Gasteiger partial charge on any atom is -0.497 e. The highest BCUT2D eigenvalue weighted by atomic mass is 35.5. The maximum Gasteiger partial charge on any atom is 0.244 e.